The number of carbonyl (C=O) groups excluding carboxylic acids is 4. The second kappa shape index (κ2) is 17.7. The highest BCUT2D eigenvalue weighted by Crippen LogP contribution is 2.09. The second-order valence-electron chi connectivity index (χ2n) is 10.5. The van der Waals surface area contributed by atoms with Gasteiger partial charge in [0.05, 0.1) is 0 Å². The summed E-state index contributed by atoms with van der Waals surface area (Å²) in [6, 6.07) is 9.70. The summed E-state index contributed by atoms with van der Waals surface area (Å²) >= 11 is 0. The summed E-state index contributed by atoms with van der Waals surface area (Å²) in [6.45, 7) is 0.494. The predicted octanol–water partition coefficient (Wildman–Crippen LogP) is -1.42. The molecular weight excluding hydrogens is 632 g/mol. The van der Waals surface area contributed by atoms with Gasteiger partial charge in [-0.3, -0.25) is 33.6 Å². The molecule has 8 N–H and O–H groups in total. The van der Waals surface area contributed by atoms with Crippen molar-refractivity contribution in [2.24, 2.45) is 5.73 Å². The number of hydrogen-bond acceptors (Lipinski definition) is 11. The molecule has 0 fully saturated rings. The third-order valence-electron chi connectivity index (χ3n) is 7.13. The van der Waals surface area contributed by atoms with Crippen molar-refractivity contribution in [3.63, 3.8) is 0 Å². The van der Waals surface area contributed by atoms with Crippen LogP contribution in [0, 0.1) is 0 Å². The van der Waals surface area contributed by atoms with E-state index in [9.17, 15) is 49.2 Å². The fourth-order valence-corrected chi connectivity index (χ4v) is 4.62. The Balaban J connectivity index is 1.73. The monoisotopic (exact) mass is 670 g/mol. The van der Waals surface area contributed by atoms with Gasteiger partial charge in [-0.15, -0.1) is 14.2 Å². The molecule has 4 amide bonds. The van der Waals surface area contributed by atoms with E-state index in [1.54, 1.807) is 0 Å². The summed E-state index contributed by atoms with van der Waals surface area (Å²) in [5.74, 6) is -2.87. The number of rotatable bonds is 17. The van der Waals surface area contributed by atoms with Crippen LogP contribution in [0.25, 0.3) is 0 Å². The molecule has 18 heteroatoms. The molecule has 3 heterocycles. The van der Waals surface area contributed by atoms with E-state index < -0.39 is 46.3 Å². The molecule has 0 aromatic carbocycles. The zero-order valence-corrected chi connectivity index (χ0v) is 25.9. The number of aromatic nitrogens is 3. The van der Waals surface area contributed by atoms with E-state index in [0.29, 0.717) is 19.4 Å². The van der Waals surface area contributed by atoms with Crippen molar-refractivity contribution in [1.29, 1.82) is 0 Å². The van der Waals surface area contributed by atoms with Crippen molar-refractivity contribution in [2.45, 2.75) is 38.1 Å². The summed E-state index contributed by atoms with van der Waals surface area (Å²) in [4.78, 5) is 88.4. The number of unbranched alkanes of at least 4 members (excludes halogenated alkanes) is 1. The van der Waals surface area contributed by atoms with Gasteiger partial charge in [0.15, 0.2) is 0 Å². The molecule has 0 aliphatic carbocycles. The lowest BCUT2D eigenvalue weighted by atomic mass is 10.1. The van der Waals surface area contributed by atoms with E-state index in [1.807, 2.05) is 0 Å². The molecule has 0 saturated carbocycles. The molecule has 3 aromatic rings. The number of hydrogen-bond donors (Lipinski definition) is 7. The first-order chi connectivity index (χ1) is 23.0. The van der Waals surface area contributed by atoms with Crippen LogP contribution in [0.1, 0.15) is 63.6 Å². The minimum absolute atomic E-state index is 0.0233. The van der Waals surface area contributed by atoms with Crippen molar-refractivity contribution in [3.8, 4) is 0 Å². The minimum atomic E-state index is -1.11. The topological polar surface area (TPSA) is 260 Å². The number of nitrogens with two attached hydrogens (primary N) is 1. The van der Waals surface area contributed by atoms with Crippen LogP contribution in [-0.2, 0) is 4.79 Å². The fourth-order valence-electron chi connectivity index (χ4n) is 4.62. The Bertz CT molecular complexity index is 1700. The van der Waals surface area contributed by atoms with Gasteiger partial charge in [0.25, 0.3) is 34.4 Å². The van der Waals surface area contributed by atoms with E-state index >= 15 is 0 Å². The first kappa shape index (κ1) is 36.6. The first-order valence-electron chi connectivity index (χ1n) is 15.1. The van der Waals surface area contributed by atoms with Gasteiger partial charge < -0.3 is 42.2 Å². The average molecular weight is 671 g/mol. The zero-order chi connectivity index (χ0) is 35.2. The van der Waals surface area contributed by atoms with Gasteiger partial charge in [0.1, 0.15) is 23.1 Å². The highest BCUT2D eigenvalue weighted by Gasteiger charge is 2.27. The Kier molecular flexibility index (Phi) is 13.5. The molecule has 0 saturated heterocycles. The van der Waals surface area contributed by atoms with Crippen LogP contribution < -0.4 is 38.4 Å². The Morgan fingerprint density at radius 1 is 0.646 bits per heavy atom. The highest BCUT2D eigenvalue weighted by atomic mass is 16.5. The summed E-state index contributed by atoms with van der Waals surface area (Å²) in [7, 11) is 0. The van der Waals surface area contributed by atoms with Gasteiger partial charge >= 0.3 is 0 Å². The fraction of sp³-hybridized carbons (Fsp3) is 0.367. The molecule has 0 radical (unpaired) electrons. The number of nitrogens with zero attached hydrogens (tertiary/aromatic N) is 4. The zero-order valence-electron chi connectivity index (χ0n) is 25.9. The summed E-state index contributed by atoms with van der Waals surface area (Å²) in [5.41, 5.74) is 2.22. The average Bonchev–Trinajstić information content (AvgIpc) is 3.06. The first-order valence-corrected chi connectivity index (χ1v) is 15.1. The second-order valence-corrected chi connectivity index (χ2v) is 10.5. The summed E-state index contributed by atoms with van der Waals surface area (Å²) < 4.78 is 0.577. The van der Waals surface area contributed by atoms with Gasteiger partial charge in [0.2, 0.25) is 5.91 Å². The number of pyridine rings is 3. The lowest BCUT2D eigenvalue weighted by Gasteiger charge is -2.28. The van der Waals surface area contributed by atoms with E-state index in [-0.39, 0.29) is 76.7 Å². The van der Waals surface area contributed by atoms with Gasteiger partial charge in [-0.2, -0.15) is 0 Å². The third-order valence-corrected chi connectivity index (χ3v) is 7.13. The standard InChI is InChI=1S/C30H38N8O10/c31-15-2-1-8-20(34-29(44)23-11-5-14-26(41)38(23)48)30(45)35(18-6-16-32-27(42)21-9-3-12-24(39)36(21)46)19-7-17-33-28(43)22-10-4-13-25(40)37(22)47/h3-5,9-14,20,46-48H,1-2,6-8,15-19,31H2,(H,32,42)(H,33,43)(H,34,44)/t20-/m0/s1. The molecule has 1 atom stereocenters. The molecule has 3 rings (SSSR count). The SMILES string of the molecule is NCCCC[C@H](NC(=O)c1cccc(=O)n1O)C(=O)N(CCCNC(=O)c1cccc(=O)n1O)CCCNC(=O)c1cccc(=O)n1O. The van der Waals surface area contributed by atoms with Crippen LogP contribution in [0.2, 0.25) is 0 Å². The van der Waals surface area contributed by atoms with Gasteiger partial charge in [0, 0.05) is 44.4 Å². The predicted molar refractivity (Wildman–Crippen MR) is 168 cm³/mol. The van der Waals surface area contributed by atoms with Crippen LogP contribution in [-0.4, -0.2) is 97.1 Å². The highest BCUT2D eigenvalue weighted by molar-refractivity contribution is 5.96. The van der Waals surface area contributed by atoms with Crippen LogP contribution in [0.4, 0.5) is 0 Å². The Morgan fingerprint density at radius 2 is 1.06 bits per heavy atom. The normalized spacial score (nSPS) is 11.4. The van der Waals surface area contributed by atoms with Crippen molar-refractivity contribution in [2.75, 3.05) is 32.7 Å². The summed E-state index contributed by atoms with van der Waals surface area (Å²) in [5, 5.41) is 37.4. The molecule has 0 aliphatic rings. The number of amides is 4. The molecule has 3 aromatic heterocycles. The largest absolute Gasteiger partial charge is 0.425 e. The van der Waals surface area contributed by atoms with Crippen molar-refractivity contribution >= 4 is 23.6 Å². The van der Waals surface area contributed by atoms with Crippen molar-refractivity contribution in [1.82, 2.24) is 35.0 Å². The van der Waals surface area contributed by atoms with E-state index in [4.69, 9.17) is 5.73 Å². The van der Waals surface area contributed by atoms with Crippen LogP contribution in [0.15, 0.2) is 69.0 Å². The molecular formula is C30H38N8O10. The van der Waals surface area contributed by atoms with E-state index in [0.717, 1.165) is 18.2 Å². The quantitative estimate of drug-likeness (QED) is 0.0647. The molecule has 0 bridgehead atoms. The van der Waals surface area contributed by atoms with Gasteiger partial charge in [-0.1, -0.05) is 18.2 Å². The Morgan fingerprint density at radius 3 is 1.48 bits per heavy atom. The third kappa shape index (κ3) is 9.79. The number of carbonyl (C=O) groups is 4. The maximum Gasteiger partial charge on any atom is 0.283 e. The number of nitrogens with one attached hydrogen (secondary N) is 3. The van der Waals surface area contributed by atoms with E-state index in [2.05, 4.69) is 16.0 Å². The van der Waals surface area contributed by atoms with Gasteiger partial charge in [-0.05, 0) is 56.8 Å². The van der Waals surface area contributed by atoms with Crippen molar-refractivity contribution in [3.05, 3.63) is 103 Å². The smallest absolute Gasteiger partial charge is 0.283 e. The maximum absolute atomic E-state index is 13.9. The minimum Gasteiger partial charge on any atom is -0.425 e. The van der Waals surface area contributed by atoms with Crippen LogP contribution in [0.5, 0.6) is 0 Å². The molecule has 0 unspecified atom stereocenters. The molecule has 0 aliphatic heterocycles. The maximum atomic E-state index is 13.9. The van der Waals surface area contributed by atoms with Crippen LogP contribution >= 0.6 is 0 Å². The molecule has 258 valence electrons. The molecule has 0 spiro atoms. The lowest BCUT2D eigenvalue weighted by molar-refractivity contribution is -0.133. The lowest BCUT2D eigenvalue weighted by Crippen LogP contribution is -2.50. The molecule has 18 nitrogen and oxygen atoms in total. The van der Waals surface area contributed by atoms with Gasteiger partial charge in [-0.25, -0.2) is 0 Å². The van der Waals surface area contributed by atoms with Crippen LogP contribution in [0.3, 0.4) is 0 Å². The molecule has 48 heavy (non-hydrogen) atoms. The Hall–Kier alpha value is -5.91. The van der Waals surface area contributed by atoms with E-state index in [1.165, 1.54) is 41.3 Å². The Labute approximate surface area is 272 Å². The summed E-state index contributed by atoms with van der Waals surface area (Å²) in [6.07, 6.45) is 1.56. The van der Waals surface area contributed by atoms with Crippen molar-refractivity contribution < 1.29 is 34.8 Å².